The zero-order valence-corrected chi connectivity index (χ0v) is 11.1. The molecule has 17 heavy (non-hydrogen) atoms. The van der Waals surface area contributed by atoms with Crippen LogP contribution in [0.2, 0.25) is 4.34 Å². The molecule has 1 unspecified atom stereocenters. The molecule has 2 rings (SSSR count). The van der Waals surface area contributed by atoms with E-state index in [2.05, 4.69) is 14.5 Å². The Labute approximate surface area is 109 Å². The highest BCUT2D eigenvalue weighted by Crippen LogP contribution is 2.35. The van der Waals surface area contributed by atoms with E-state index in [4.69, 9.17) is 11.6 Å². The molecule has 5 nitrogen and oxygen atoms in total. The first-order valence-corrected chi connectivity index (χ1v) is 6.65. The van der Waals surface area contributed by atoms with Crippen molar-refractivity contribution in [1.82, 2.24) is 14.5 Å². The summed E-state index contributed by atoms with van der Waals surface area (Å²) in [5.74, 6) is -0.704. The van der Waals surface area contributed by atoms with Crippen LogP contribution in [0.25, 0.3) is 0 Å². The van der Waals surface area contributed by atoms with Gasteiger partial charge in [0.2, 0.25) is 0 Å². The fourth-order valence-corrected chi connectivity index (χ4v) is 2.82. The quantitative estimate of drug-likeness (QED) is 0.909. The molecule has 1 aromatic heterocycles. The van der Waals surface area contributed by atoms with Crippen molar-refractivity contribution in [1.29, 1.82) is 0 Å². The van der Waals surface area contributed by atoms with Crippen molar-refractivity contribution in [2.75, 3.05) is 13.1 Å². The second-order valence-electron chi connectivity index (χ2n) is 4.39. The molecular formula is C10H14ClN3O2S. The number of carbonyl (C=O) groups is 1. The molecule has 7 heteroatoms. The third-order valence-corrected chi connectivity index (χ3v) is 4.43. The van der Waals surface area contributed by atoms with Crippen LogP contribution in [-0.2, 0) is 11.3 Å². The Morgan fingerprint density at radius 3 is 2.94 bits per heavy atom. The van der Waals surface area contributed by atoms with Crippen molar-refractivity contribution in [2.45, 2.75) is 26.3 Å². The highest BCUT2D eigenvalue weighted by molar-refractivity contribution is 7.10. The fourth-order valence-electron chi connectivity index (χ4n) is 2.21. The van der Waals surface area contributed by atoms with Gasteiger partial charge in [-0.25, -0.2) is 0 Å². The van der Waals surface area contributed by atoms with Crippen LogP contribution < -0.4 is 0 Å². The van der Waals surface area contributed by atoms with Gasteiger partial charge in [-0.2, -0.15) is 0 Å². The average molecular weight is 276 g/mol. The van der Waals surface area contributed by atoms with Crippen molar-refractivity contribution < 1.29 is 9.90 Å². The van der Waals surface area contributed by atoms with Gasteiger partial charge in [-0.3, -0.25) is 9.69 Å². The lowest BCUT2D eigenvalue weighted by Crippen LogP contribution is -2.33. The number of halogens is 1. The molecule has 94 valence electrons. The Bertz CT molecular complexity index is 425. The van der Waals surface area contributed by atoms with Gasteiger partial charge < -0.3 is 5.11 Å². The third-order valence-electron chi connectivity index (χ3n) is 3.45. The van der Waals surface area contributed by atoms with Crippen LogP contribution in [0.1, 0.15) is 25.5 Å². The molecule has 1 aromatic rings. The highest BCUT2D eigenvalue weighted by Gasteiger charge is 2.43. The van der Waals surface area contributed by atoms with Crippen LogP contribution in [0.15, 0.2) is 0 Å². The third kappa shape index (κ3) is 2.43. The molecule has 0 spiro atoms. The van der Waals surface area contributed by atoms with Crippen LogP contribution in [0.3, 0.4) is 0 Å². The smallest absolute Gasteiger partial charge is 0.310 e. The van der Waals surface area contributed by atoms with Crippen LogP contribution in [0, 0.1) is 5.41 Å². The van der Waals surface area contributed by atoms with Gasteiger partial charge in [0.25, 0.3) is 0 Å². The SMILES string of the molecule is CCC1(C(=O)O)CCN(Cc2nnsc2Cl)C1. The number of likely N-dealkylation sites (tertiary alicyclic amines) is 1. The lowest BCUT2D eigenvalue weighted by Gasteiger charge is -2.22. The monoisotopic (exact) mass is 275 g/mol. The first kappa shape index (κ1) is 12.7. The summed E-state index contributed by atoms with van der Waals surface area (Å²) in [6, 6.07) is 0. The number of hydrogen-bond acceptors (Lipinski definition) is 5. The number of carboxylic acids is 1. The minimum absolute atomic E-state index is 0.562. The molecule has 1 aliphatic heterocycles. The molecular weight excluding hydrogens is 262 g/mol. The van der Waals surface area contributed by atoms with Crippen molar-refractivity contribution in [3.8, 4) is 0 Å². The van der Waals surface area contributed by atoms with Crippen LogP contribution in [-0.4, -0.2) is 38.7 Å². The topological polar surface area (TPSA) is 66.3 Å². The number of aromatic nitrogens is 2. The van der Waals surface area contributed by atoms with E-state index in [0.29, 0.717) is 30.3 Å². The average Bonchev–Trinajstić information content (AvgIpc) is 2.88. The van der Waals surface area contributed by atoms with Crippen LogP contribution in [0.5, 0.6) is 0 Å². The molecule has 1 N–H and O–H groups in total. The second kappa shape index (κ2) is 4.88. The van der Waals surface area contributed by atoms with Gasteiger partial charge in [0, 0.05) is 24.6 Å². The van der Waals surface area contributed by atoms with Crippen molar-refractivity contribution in [3.63, 3.8) is 0 Å². The van der Waals surface area contributed by atoms with Crippen molar-refractivity contribution >= 4 is 29.1 Å². The normalized spacial score (nSPS) is 25.3. The number of aliphatic carboxylic acids is 1. The summed E-state index contributed by atoms with van der Waals surface area (Å²) >= 11 is 7.10. The number of carboxylic acid groups (broad SMARTS) is 1. The molecule has 1 fully saturated rings. The van der Waals surface area contributed by atoms with Crippen LogP contribution in [0.4, 0.5) is 0 Å². The molecule has 0 saturated carbocycles. The molecule has 0 amide bonds. The summed E-state index contributed by atoms with van der Waals surface area (Å²) < 4.78 is 4.36. The van der Waals surface area contributed by atoms with Crippen molar-refractivity contribution in [3.05, 3.63) is 10.0 Å². The van der Waals surface area contributed by atoms with Gasteiger partial charge >= 0.3 is 5.97 Å². The van der Waals surface area contributed by atoms with Crippen LogP contribution >= 0.6 is 23.1 Å². The van der Waals surface area contributed by atoms with E-state index in [-0.39, 0.29) is 0 Å². The maximum absolute atomic E-state index is 11.3. The summed E-state index contributed by atoms with van der Waals surface area (Å²) in [5.41, 5.74) is 0.143. The molecule has 0 aliphatic carbocycles. The van der Waals surface area contributed by atoms with E-state index in [9.17, 15) is 9.90 Å². The predicted octanol–water partition coefficient (Wildman–Crippen LogP) is 1.88. The Morgan fingerprint density at radius 2 is 2.47 bits per heavy atom. The fraction of sp³-hybridized carbons (Fsp3) is 0.700. The van der Waals surface area contributed by atoms with Gasteiger partial charge in [0.05, 0.1) is 5.41 Å². The Kier molecular flexibility index (Phi) is 3.65. The maximum Gasteiger partial charge on any atom is 0.310 e. The zero-order valence-electron chi connectivity index (χ0n) is 9.52. The van der Waals surface area contributed by atoms with E-state index in [1.54, 1.807) is 0 Å². The second-order valence-corrected chi connectivity index (χ2v) is 5.75. The van der Waals surface area contributed by atoms with Gasteiger partial charge in [0.15, 0.2) is 0 Å². The minimum atomic E-state index is -0.704. The lowest BCUT2D eigenvalue weighted by molar-refractivity contribution is -0.148. The van der Waals surface area contributed by atoms with E-state index in [0.717, 1.165) is 23.8 Å². The van der Waals surface area contributed by atoms with Crippen molar-refractivity contribution in [2.24, 2.45) is 5.41 Å². The predicted molar refractivity (Wildman–Crippen MR) is 65.2 cm³/mol. The van der Waals surface area contributed by atoms with E-state index in [1.807, 2.05) is 6.92 Å². The van der Waals surface area contributed by atoms with E-state index in [1.165, 1.54) is 0 Å². The molecule has 0 aromatic carbocycles. The number of rotatable bonds is 4. The molecule has 0 radical (unpaired) electrons. The summed E-state index contributed by atoms with van der Waals surface area (Å²) in [6.07, 6.45) is 1.34. The molecule has 1 aliphatic rings. The largest absolute Gasteiger partial charge is 0.481 e. The summed E-state index contributed by atoms with van der Waals surface area (Å²) in [7, 11) is 0. The maximum atomic E-state index is 11.3. The van der Waals surface area contributed by atoms with E-state index >= 15 is 0 Å². The zero-order chi connectivity index (χ0) is 12.5. The highest BCUT2D eigenvalue weighted by atomic mass is 35.5. The Hall–Kier alpha value is -0.720. The van der Waals surface area contributed by atoms with E-state index < -0.39 is 11.4 Å². The molecule has 0 bridgehead atoms. The molecule has 1 saturated heterocycles. The van der Waals surface area contributed by atoms with Gasteiger partial charge in [-0.05, 0) is 19.4 Å². The molecule has 1 atom stereocenters. The minimum Gasteiger partial charge on any atom is -0.481 e. The summed E-state index contributed by atoms with van der Waals surface area (Å²) in [4.78, 5) is 13.4. The lowest BCUT2D eigenvalue weighted by atomic mass is 9.84. The first-order valence-electron chi connectivity index (χ1n) is 5.50. The summed E-state index contributed by atoms with van der Waals surface area (Å²) in [5, 5.41) is 13.2. The Morgan fingerprint density at radius 1 is 1.71 bits per heavy atom. The summed E-state index contributed by atoms with van der Waals surface area (Å²) in [6.45, 7) is 3.85. The standard InChI is InChI=1S/C10H14ClN3O2S/c1-2-10(9(15)16)3-4-14(6-10)5-7-8(11)17-13-12-7/h2-6H2,1H3,(H,15,16). The van der Waals surface area contributed by atoms with Gasteiger partial charge in [-0.1, -0.05) is 23.0 Å². The Balaban J connectivity index is 2.03. The number of hydrogen-bond donors (Lipinski definition) is 1. The first-order chi connectivity index (χ1) is 8.07. The molecule has 2 heterocycles. The van der Waals surface area contributed by atoms with Gasteiger partial charge in [-0.15, -0.1) is 5.10 Å². The number of nitrogens with zero attached hydrogens (tertiary/aromatic N) is 3. The van der Waals surface area contributed by atoms with Gasteiger partial charge in [0.1, 0.15) is 10.0 Å².